The van der Waals surface area contributed by atoms with Crippen LogP contribution in [0.25, 0.3) is 0 Å². The van der Waals surface area contributed by atoms with Gasteiger partial charge in [-0.3, -0.25) is 9.69 Å². The lowest BCUT2D eigenvalue weighted by Crippen LogP contribution is -2.42. The van der Waals surface area contributed by atoms with Crippen LogP contribution >= 0.6 is 0 Å². The molecule has 3 rings (SSSR count). The molecule has 0 bridgehead atoms. The van der Waals surface area contributed by atoms with Gasteiger partial charge in [-0.1, -0.05) is 60.7 Å². The number of benzene rings is 2. The fourth-order valence-electron chi connectivity index (χ4n) is 3.29. The number of hydrogen-bond acceptors (Lipinski definition) is 3. The van der Waals surface area contributed by atoms with Gasteiger partial charge in [-0.25, -0.2) is 0 Å². The second-order valence-electron chi connectivity index (χ2n) is 6.39. The van der Waals surface area contributed by atoms with Crippen LogP contribution in [0.3, 0.4) is 0 Å². The maximum atomic E-state index is 12.3. The van der Waals surface area contributed by atoms with Crippen LogP contribution in [0.4, 0.5) is 0 Å². The summed E-state index contributed by atoms with van der Waals surface area (Å²) in [6.45, 7) is 2.68. The van der Waals surface area contributed by atoms with Crippen molar-refractivity contribution in [3.63, 3.8) is 0 Å². The number of likely N-dealkylation sites (tertiary alicyclic amines) is 1. The molecule has 4 nitrogen and oxygen atoms in total. The van der Waals surface area contributed by atoms with Crippen LogP contribution in [0.5, 0.6) is 0 Å². The maximum Gasteiger partial charge on any atom is 0.241 e. The number of nitrogens with zero attached hydrogens (tertiary/aromatic N) is 1. The largest absolute Gasteiger partial charge is 0.353 e. The first kappa shape index (κ1) is 16.7. The molecule has 0 aliphatic carbocycles. The Hall–Kier alpha value is -2.17. The Labute approximate surface area is 143 Å². The summed E-state index contributed by atoms with van der Waals surface area (Å²) >= 11 is 0. The van der Waals surface area contributed by atoms with E-state index < -0.39 is 6.04 Å². The first-order valence-electron chi connectivity index (χ1n) is 8.60. The zero-order valence-electron chi connectivity index (χ0n) is 13.9. The van der Waals surface area contributed by atoms with E-state index in [4.69, 9.17) is 5.73 Å². The zero-order chi connectivity index (χ0) is 16.8. The standard InChI is InChI=1S/C20H25N3O/c21-19(17-10-5-2-6-11-17)20(24)22-14-18-12-7-13-23(18)15-16-8-3-1-4-9-16/h1-6,8-11,18-19H,7,12-15,21H2,(H,22,24). The smallest absolute Gasteiger partial charge is 0.241 e. The molecule has 0 saturated carbocycles. The summed E-state index contributed by atoms with van der Waals surface area (Å²) in [7, 11) is 0. The normalized spacial score (nSPS) is 19.1. The molecular weight excluding hydrogens is 298 g/mol. The van der Waals surface area contributed by atoms with E-state index in [-0.39, 0.29) is 5.91 Å². The van der Waals surface area contributed by atoms with Crippen molar-refractivity contribution in [3.05, 3.63) is 71.8 Å². The number of nitrogens with one attached hydrogen (secondary N) is 1. The maximum absolute atomic E-state index is 12.3. The highest BCUT2D eigenvalue weighted by Crippen LogP contribution is 2.19. The third-order valence-electron chi connectivity index (χ3n) is 4.68. The molecule has 0 aromatic heterocycles. The Bertz CT molecular complexity index is 644. The molecule has 3 N–H and O–H groups in total. The number of hydrogen-bond donors (Lipinski definition) is 2. The van der Waals surface area contributed by atoms with E-state index in [1.54, 1.807) is 0 Å². The van der Waals surface area contributed by atoms with Gasteiger partial charge in [0, 0.05) is 19.1 Å². The van der Waals surface area contributed by atoms with E-state index in [9.17, 15) is 4.79 Å². The Morgan fingerprint density at radius 2 is 1.79 bits per heavy atom. The molecule has 2 unspecified atom stereocenters. The SMILES string of the molecule is NC(C(=O)NCC1CCCN1Cc1ccccc1)c1ccccc1. The van der Waals surface area contributed by atoms with Gasteiger partial charge in [0.15, 0.2) is 0 Å². The Morgan fingerprint density at radius 3 is 2.50 bits per heavy atom. The monoisotopic (exact) mass is 323 g/mol. The third-order valence-corrected chi connectivity index (χ3v) is 4.68. The van der Waals surface area contributed by atoms with Crippen molar-refractivity contribution in [3.8, 4) is 0 Å². The molecule has 1 saturated heterocycles. The average Bonchev–Trinajstić information content (AvgIpc) is 3.07. The number of rotatable bonds is 6. The quantitative estimate of drug-likeness (QED) is 0.858. The van der Waals surface area contributed by atoms with Crippen molar-refractivity contribution in [2.24, 2.45) is 5.73 Å². The van der Waals surface area contributed by atoms with E-state index in [1.165, 1.54) is 12.0 Å². The molecule has 1 aliphatic heterocycles. The van der Waals surface area contributed by atoms with Crippen LogP contribution in [0, 0.1) is 0 Å². The second-order valence-corrected chi connectivity index (χ2v) is 6.39. The lowest BCUT2D eigenvalue weighted by atomic mass is 10.1. The minimum absolute atomic E-state index is 0.104. The van der Waals surface area contributed by atoms with Crippen LogP contribution in [-0.2, 0) is 11.3 Å². The predicted octanol–water partition coefficient (Wildman–Crippen LogP) is 2.47. The lowest BCUT2D eigenvalue weighted by Gasteiger charge is -2.25. The molecule has 2 atom stereocenters. The summed E-state index contributed by atoms with van der Waals surface area (Å²) < 4.78 is 0. The predicted molar refractivity (Wildman–Crippen MR) is 96.3 cm³/mol. The summed E-state index contributed by atoms with van der Waals surface area (Å²) in [6, 6.07) is 19.8. The summed E-state index contributed by atoms with van der Waals surface area (Å²) in [5.74, 6) is -0.104. The summed E-state index contributed by atoms with van der Waals surface area (Å²) in [6.07, 6.45) is 2.30. The molecule has 1 heterocycles. The highest BCUT2D eigenvalue weighted by atomic mass is 16.2. The fraction of sp³-hybridized carbons (Fsp3) is 0.350. The summed E-state index contributed by atoms with van der Waals surface area (Å²) in [5, 5.41) is 3.03. The van der Waals surface area contributed by atoms with Gasteiger partial charge in [-0.05, 0) is 30.5 Å². The summed E-state index contributed by atoms with van der Waals surface area (Å²) in [5.41, 5.74) is 8.22. The summed E-state index contributed by atoms with van der Waals surface area (Å²) in [4.78, 5) is 14.8. The minimum Gasteiger partial charge on any atom is -0.353 e. The van der Waals surface area contributed by atoms with E-state index in [0.717, 1.165) is 25.1 Å². The van der Waals surface area contributed by atoms with Gasteiger partial charge in [-0.2, -0.15) is 0 Å². The molecule has 4 heteroatoms. The topological polar surface area (TPSA) is 58.4 Å². The van der Waals surface area contributed by atoms with Crippen molar-refractivity contribution in [2.75, 3.05) is 13.1 Å². The molecule has 2 aromatic rings. The van der Waals surface area contributed by atoms with Gasteiger partial charge in [-0.15, -0.1) is 0 Å². The molecule has 1 aliphatic rings. The number of carbonyl (C=O) groups is 1. The fourth-order valence-corrected chi connectivity index (χ4v) is 3.29. The van der Waals surface area contributed by atoms with Crippen LogP contribution in [-0.4, -0.2) is 29.9 Å². The molecule has 1 fully saturated rings. The first-order chi connectivity index (χ1) is 11.7. The first-order valence-corrected chi connectivity index (χ1v) is 8.60. The van der Waals surface area contributed by atoms with Gasteiger partial charge < -0.3 is 11.1 Å². The molecule has 126 valence electrons. The van der Waals surface area contributed by atoms with Crippen LogP contribution in [0.1, 0.15) is 30.0 Å². The molecule has 0 spiro atoms. The van der Waals surface area contributed by atoms with Crippen LogP contribution < -0.4 is 11.1 Å². The van der Waals surface area contributed by atoms with Crippen molar-refractivity contribution in [1.82, 2.24) is 10.2 Å². The molecule has 0 radical (unpaired) electrons. The highest BCUT2D eigenvalue weighted by molar-refractivity contribution is 5.82. The number of carbonyl (C=O) groups excluding carboxylic acids is 1. The van der Waals surface area contributed by atoms with Crippen LogP contribution in [0.2, 0.25) is 0 Å². The molecule has 24 heavy (non-hydrogen) atoms. The molecule has 2 aromatic carbocycles. The van der Waals surface area contributed by atoms with Gasteiger partial charge in [0.2, 0.25) is 5.91 Å². The van der Waals surface area contributed by atoms with Gasteiger partial charge in [0.25, 0.3) is 0 Å². The van der Waals surface area contributed by atoms with Gasteiger partial charge in [0.1, 0.15) is 6.04 Å². The minimum atomic E-state index is -0.602. The molecule has 1 amide bonds. The van der Waals surface area contributed by atoms with E-state index in [0.29, 0.717) is 12.6 Å². The highest BCUT2D eigenvalue weighted by Gasteiger charge is 2.25. The van der Waals surface area contributed by atoms with Crippen molar-refractivity contribution in [1.29, 1.82) is 0 Å². The van der Waals surface area contributed by atoms with E-state index in [1.807, 2.05) is 36.4 Å². The van der Waals surface area contributed by atoms with E-state index in [2.05, 4.69) is 34.5 Å². The van der Waals surface area contributed by atoms with Gasteiger partial charge in [0.05, 0.1) is 0 Å². The number of nitrogens with two attached hydrogens (primary N) is 1. The lowest BCUT2D eigenvalue weighted by molar-refractivity contribution is -0.122. The van der Waals surface area contributed by atoms with Crippen molar-refractivity contribution in [2.45, 2.75) is 31.5 Å². The second kappa shape index (κ2) is 8.08. The molecular formula is C20H25N3O. The van der Waals surface area contributed by atoms with Crippen LogP contribution in [0.15, 0.2) is 60.7 Å². The zero-order valence-corrected chi connectivity index (χ0v) is 13.9. The Balaban J connectivity index is 1.52. The van der Waals surface area contributed by atoms with E-state index >= 15 is 0 Å². The van der Waals surface area contributed by atoms with Crippen molar-refractivity contribution < 1.29 is 4.79 Å². The average molecular weight is 323 g/mol. The third kappa shape index (κ3) is 4.22. The van der Waals surface area contributed by atoms with Gasteiger partial charge >= 0.3 is 0 Å². The Morgan fingerprint density at radius 1 is 1.12 bits per heavy atom. The number of amides is 1. The van der Waals surface area contributed by atoms with Crippen molar-refractivity contribution >= 4 is 5.91 Å². The Kier molecular flexibility index (Phi) is 5.62.